The molecular formula is C25H19FN4O. The summed E-state index contributed by atoms with van der Waals surface area (Å²) in [6, 6.07) is 22.6. The molecule has 0 saturated carbocycles. The van der Waals surface area contributed by atoms with Gasteiger partial charge in [-0.05, 0) is 30.7 Å². The number of aromatic nitrogens is 3. The van der Waals surface area contributed by atoms with Crippen molar-refractivity contribution in [2.75, 3.05) is 5.32 Å². The fourth-order valence-electron chi connectivity index (χ4n) is 4.43. The molecule has 0 spiro atoms. The van der Waals surface area contributed by atoms with Crippen LogP contribution in [0, 0.1) is 12.7 Å². The number of anilines is 1. The summed E-state index contributed by atoms with van der Waals surface area (Å²) < 4.78 is 23.2. The highest BCUT2D eigenvalue weighted by Gasteiger charge is 2.41. The van der Waals surface area contributed by atoms with Gasteiger partial charge in [-0.1, -0.05) is 60.2 Å². The summed E-state index contributed by atoms with van der Waals surface area (Å²) >= 11 is 0. The maximum absolute atomic E-state index is 15.0. The van der Waals surface area contributed by atoms with E-state index in [0.29, 0.717) is 17.3 Å². The second kappa shape index (κ2) is 6.80. The number of nitrogens with zero attached hydrogens (tertiary/aromatic N) is 3. The van der Waals surface area contributed by atoms with Gasteiger partial charge in [0.1, 0.15) is 23.9 Å². The second-order valence-corrected chi connectivity index (χ2v) is 7.81. The molecule has 2 aliphatic heterocycles. The Kier molecular flexibility index (Phi) is 3.93. The summed E-state index contributed by atoms with van der Waals surface area (Å²) in [4.78, 5) is 4.42. The molecule has 2 aliphatic rings. The molecule has 2 unspecified atom stereocenters. The van der Waals surface area contributed by atoms with Crippen molar-refractivity contribution < 1.29 is 9.13 Å². The molecule has 3 heterocycles. The Balaban J connectivity index is 1.65. The van der Waals surface area contributed by atoms with Crippen LogP contribution in [-0.4, -0.2) is 14.8 Å². The maximum atomic E-state index is 15.0. The first kappa shape index (κ1) is 17.9. The molecule has 6 rings (SSSR count). The Morgan fingerprint density at radius 3 is 2.58 bits per heavy atom. The molecule has 1 aromatic heterocycles. The molecule has 0 saturated heterocycles. The van der Waals surface area contributed by atoms with Gasteiger partial charge in [-0.15, -0.1) is 0 Å². The number of hydrogen-bond acceptors (Lipinski definition) is 4. The predicted molar refractivity (Wildman–Crippen MR) is 116 cm³/mol. The third kappa shape index (κ3) is 2.75. The SMILES string of the molecule is Cc1ccc(C2C3=C(Nc4ncnn42)c2ccccc2OC3c2ccccc2F)cc1. The molecule has 0 fully saturated rings. The number of aryl methyl sites for hydroxylation is 1. The van der Waals surface area contributed by atoms with Gasteiger partial charge in [0.15, 0.2) is 6.10 Å². The minimum absolute atomic E-state index is 0.285. The molecule has 5 nitrogen and oxygen atoms in total. The second-order valence-electron chi connectivity index (χ2n) is 7.81. The third-order valence-electron chi connectivity index (χ3n) is 5.90. The van der Waals surface area contributed by atoms with Gasteiger partial charge >= 0.3 is 0 Å². The quantitative estimate of drug-likeness (QED) is 0.488. The Bertz CT molecular complexity index is 1330. The molecule has 152 valence electrons. The van der Waals surface area contributed by atoms with Crippen LogP contribution in [0.2, 0.25) is 0 Å². The van der Waals surface area contributed by atoms with Crippen LogP contribution in [0.25, 0.3) is 5.70 Å². The van der Waals surface area contributed by atoms with E-state index in [1.165, 1.54) is 18.0 Å². The lowest BCUT2D eigenvalue weighted by Crippen LogP contribution is -2.32. The first-order valence-corrected chi connectivity index (χ1v) is 10.2. The molecule has 3 aromatic carbocycles. The zero-order valence-electron chi connectivity index (χ0n) is 16.8. The van der Waals surface area contributed by atoms with E-state index in [1.807, 2.05) is 35.0 Å². The molecule has 4 aromatic rings. The third-order valence-corrected chi connectivity index (χ3v) is 5.90. The van der Waals surface area contributed by atoms with E-state index in [-0.39, 0.29) is 11.9 Å². The van der Waals surface area contributed by atoms with Crippen molar-refractivity contribution >= 4 is 11.6 Å². The van der Waals surface area contributed by atoms with Gasteiger partial charge in [-0.25, -0.2) is 9.07 Å². The van der Waals surface area contributed by atoms with Crippen LogP contribution in [0.15, 0.2) is 84.7 Å². The molecule has 6 heteroatoms. The van der Waals surface area contributed by atoms with Crippen molar-refractivity contribution in [3.8, 4) is 5.75 Å². The van der Waals surface area contributed by atoms with E-state index in [4.69, 9.17) is 4.74 Å². The number of para-hydroxylation sites is 1. The van der Waals surface area contributed by atoms with Crippen LogP contribution >= 0.6 is 0 Å². The Morgan fingerprint density at radius 2 is 1.74 bits per heavy atom. The van der Waals surface area contributed by atoms with Crippen LogP contribution in [0.3, 0.4) is 0 Å². The van der Waals surface area contributed by atoms with Crippen molar-refractivity contribution in [3.05, 3.63) is 113 Å². The minimum Gasteiger partial charge on any atom is -0.480 e. The summed E-state index contributed by atoms with van der Waals surface area (Å²) in [5, 5.41) is 7.93. The summed E-state index contributed by atoms with van der Waals surface area (Å²) in [5.74, 6) is 1.05. The van der Waals surface area contributed by atoms with Crippen LogP contribution in [0.5, 0.6) is 5.75 Å². The number of halogens is 1. The standard InChI is InChI=1S/C25H19FN4O/c1-15-10-12-16(13-11-15)23-21-22(29-25-27-14-28-30(23)25)18-7-3-5-9-20(18)31-24(21)17-6-2-4-8-19(17)26/h2-14,23-24H,1H3,(H,27,28,29). The molecule has 1 N–H and O–H groups in total. The summed E-state index contributed by atoms with van der Waals surface area (Å²) in [6.07, 6.45) is 0.926. The van der Waals surface area contributed by atoms with Gasteiger partial charge in [0.25, 0.3) is 0 Å². The number of nitrogens with one attached hydrogen (secondary N) is 1. The van der Waals surface area contributed by atoms with Gasteiger partial charge in [-0.3, -0.25) is 0 Å². The summed E-state index contributed by atoms with van der Waals surface area (Å²) in [7, 11) is 0. The highest BCUT2D eigenvalue weighted by atomic mass is 19.1. The fourth-order valence-corrected chi connectivity index (χ4v) is 4.43. The van der Waals surface area contributed by atoms with Crippen LogP contribution in [-0.2, 0) is 0 Å². The van der Waals surface area contributed by atoms with Crippen molar-refractivity contribution in [3.63, 3.8) is 0 Å². The van der Waals surface area contributed by atoms with Crippen LogP contribution in [0.1, 0.15) is 34.4 Å². The first-order valence-electron chi connectivity index (χ1n) is 10.2. The van der Waals surface area contributed by atoms with E-state index in [9.17, 15) is 4.39 Å². The van der Waals surface area contributed by atoms with Crippen molar-refractivity contribution in [2.24, 2.45) is 0 Å². The molecule has 2 atom stereocenters. The van der Waals surface area contributed by atoms with Crippen LogP contribution < -0.4 is 10.1 Å². The van der Waals surface area contributed by atoms with Gasteiger partial charge in [0.05, 0.1) is 5.70 Å². The number of fused-ring (bicyclic) bond motifs is 3. The lowest BCUT2D eigenvalue weighted by atomic mass is 9.84. The molecule has 31 heavy (non-hydrogen) atoms. The average Bonchev–Trinajstić information content (AvgIpc) is 3.27. The lowest BCUT2D eigenvalue weighted by molar-refractivity contribution is 0.218. The molecule has 0 bridgehead atoms. The zero-order chi connectivity index (χ0) is 20.9. The predicted octanol–water partition coefficient (Wildman–Crippen LogP) is 5.29. The number of rotatable bonds is 2. The Labute approximate surface area is 178 Å². The van der Waals surface area contributed by atoms with E-state index >= 15 is 0 Å². The Hall–Kier alpha value is -3.93. The monoisotopic (exact) mass is 410 g/mol. The molecule has 0 amide bonds. The molecule has 0 aliphatic carbocycles. The maximum Gasteiger partial charge on any atom is 0.226 e. The highest BCUT2D eigenvalue weighted by Crippen LogP contribution is 2.50. The number of hydrogen-bond donors (Lipinski definition) is 1. The Morgan fingerprint density at radius 1 is 0.968 bits per heavy atom. The van der Waals surface area contributed by atoms with Gasteiger partial charge < -0.3 is 10.1 Å². The topological polar surface area (TPSA) is 52.0 Å². The van der Waals surface area contributed by atoms with Crippen molar-refractivity contribution in [2.45, 2.75) is 19.1 Å². The van der Waals surface area contributed by atoms with Crippen molar-refractivity contribution in [1.29, 1.82) is 0 Å². The lowest BCUT2D eigenvalue weighted by Gasteiger charge is -2.39. The van der Waals surface area contributed by atoms with Gasteiger partial charge in [-0.2, -0.15) is 10.1 Å². The average molecular weight is 410 g/mol. The van der Waals surface area contributed by atoms with Crippen molar-refractivity contribution in [1.82, 2.24) is 14.8 Å². The van der Waals surface area contributed by atoms with E-state index in [2.05, 4.69) is 46.6 Å². The summed E-state index contributed by atoms with van der Waals surface area (Å²) in [5.41, 5.74) is 5.42. The smallest absolute Gasteiger partial charge is 0.226 e. The highest BCUT2D eigenvalue weighted by molar-refractivity contribution is 5.85. The fraction of sp³-hybridized carbons (Fsp3) is 0.120. The normalized spacial score (nSPS) is 19.0. The number of ether oxygens (including phenoxy) is 1. The summed E-state index contributed by atoms with van der Waals surface area (Å²) in [6.45, 7) is 2.06. The van der Waals surface area contributed by atoms with E-state index in [0.717, 1.165) is 22.4 Å². The minimum atomic E-state index is -0.609. The largest absolute Gasteiger partial charge is 0.480 e. The zero-order valence-corrected chi connectivity index (χ0v) is 16.8. The first-order chi connectivity index (χ1) is 15.2. The number of benzene rings is 3. The van der Waals surface area contributed by atoms with Gasteiger partial charge in [0, 0.05) is 16.7 Å². The van der Waals surface area contributed by atoms with Gasteiger partial charge in [0.2, 0.25) is 5.95 Å². The van der Waals surface area contributed by atoms with E-state index < -0.39 is 6.10 Å². The molecule has 0 radical (unpaired) electrons. The van der Waals surface area contributed by atoms with E-state index in [1.54, 1.807) is 12.1 Å². The molecular weight excluding hydrogens is 391 g/mol. The van der Waals surface area contributed by atoms with Crippen LogP contribution in [0.4, 0.5) is 10.3 Å².